The summed E-state index contributed by atoms with van der Waals surface area (Å²) in [6.07, 6.45) is -0.153. The van der Waals surface area contributed by atoms with Crippen molar-refractivity contribution in [3.05, 3.63) is 119 Å². The second-order valence-electron chi connectivity index (χ2n) is 18.9. The third kappa shape index (κ3) is 25.9. The van der Waals surface area contributed by atoms with Gasteiger partial charge in [-0.1, -0.05) is 0 Å². The molecule has 0 fully saturated rings. The lowest BCUT2D eigenvalue weighted by molar-refractivity contribution is -0.171. The molecule has 4 N–H and O–H groups in total. The number of carboxylic acids is 4. The van der Waals surface area contributed by atoms with Crippen LogP contribution in [0, 0.1) is 5.41 Å². The number of rotatable bonds is 46. The molecule has 0 spiro atoms. The quantitative estimate of drug-likeness (QED) is 0.0119. The van der Waals surface area contributed by atoms with Crippen LogP contribution >= 0.6 is 0 Å². The third-order valence-electron chi connectivity index (χ3n) is 12.1. The fraction of sp³-hybridized carbons (Fsp3) is 0.328. The summed E-state index contributed by atoms with van der Waals surface area (Å²) < 4.78 is 56.6. The predicted molar refractivity (Wildman–Crippen MR) is 304 cm³/mol. The Morgan fingerprint density at radius 2 is 0.630 bits per heavy atom. The van der Waals surface area contributed by atoms with Gasteiger partial charge in [0.05, 0.1) is 28.7 Å². The van der Waals surface area contributed by atoms with Gasteiger partial charge in [-0.25, -0.2) is 28.8 Å². The summed E-state index contributed by atoms with van der Waals surface area (Å²) >= 11 is 0. The third-order valence-corrected chi connectivity index (χ3v) is 12.1. The smallest absolute Gasteiger partial charge is 0.344 e. The Morgan fingerprint density at radius 3 is 0.902 bits per heavy atom. The first-order chi connectivity index (χ1) is 44.1. The van der Waals surface area contributed by atoms with Crippen LogP contribution < -0.4 is 19.6 Å². The Bertz CT molecular complexity index is 3030. The molecule has 492 valence electrons. The molecule has 34 heteroatoms. The largest absolute Gasteiger partial charge is 0.480 e. The van der Waals surface area contributed by atoms with Crippen LogP contribution in [0.4, 0.5) is 22.7 Å². The van der Waals surface area contributed by atoms with E-state index in [1.54, 1.807) is 0 Å². The monoisotopic (exact) mass is 1290 g/mol. The maximum absolute atomic E-state index is 13.4. The van der Waals surface area contributed by atoms with E-state index < -0.39 is 143 Å². The number of carboxylic acid groups (broad SMARTS) is 4. The summed E-state index contributed by atoms with van der Waals surface area (Å²) in [6.45, 7) is -10.3. The average Bonchev–Trinajstić information content (AvgIpc) is 1.36. The number of Topliss-reactive ketones (excluding diaryl/α,β-unsaturated/α-hetero) is 1. The van der Waals surface area contributed by atoms with E-state index in [9.17, 15) is 92.3 Å². The van der Waals surface area contributed by atoms with Crippen molar-refractivity contribution in [3.63, 3.8) is 0 Å². The van der Waals surface area contributed by atoms with Crippen molar-refractivity contribution < 1.29 is 144 Å². The van der Waals surface area contributed by atoms with E-state index in [4.69, 9.17) is 52.1 Å². The Kier molecular flexibility index (Phi) is 30.5. The summed E-state index contributed by atoms with van der Waals surface area (Å²) in [6, 6.07) is 20.7. The van der Waals surface area contributed by atoms with Gasteiger partial charge in [0.15, 0.2) is 52.5 Å². The van der Waals surface area contributed by atoms with E-state index in [1.165, 1.54) is 82.6 Å². The summed E-state index contributed by atoms with van der Waals surface area (Å²) in [7, 11) is 0. The van der Waals surface area contributed by atoms with Gasteiger partial charge in [0.1, 0.15) is 46.0 Å². The van der Waals surface area contributed by atoms with Crippen molar-refractivity contribution in [2.24, 2.45) is 5.41 Å². The number of aliphatic carboxylic acids is 4. The van der Waals surface area contributed by atoms with Crippen LogP contribution in [0.25, 0.3) is 0 Å². The second kappa shape index (κ2) is 38.5. The van der Waals surface area contributed by atoms with Crippen LogP contribution in [0.1, 0.15) is 54.3 Å². The Labute approximate surface area is 520 Å². The zero-order valence-corrected chi connectivity index (χ0v) is 48.5. The zero-order chi connectivity index (χ0) is 67.4. The van der Waals surface area contributed by atoms with Gasteiger partial charge in [0.25, 0.3) is 25.9 Å². The number of nitrogens with zero attached hydrogens (tertiary/aromatic N) is 4. The summed E-state index contributed by atoms with van der Waals surface area (Å²) in [5, 5.41) is 37.0. The minimum absolute atomic E-state index is 0.00132. The SMILES string of the molecule is O=COCN(COC=O)c1ccc(C(=O)CCCOCC(COC(=O)COC(=O)c2ccc(N(COC=O)COC=O)cc2)(COC(=O)COC(=O)c2ccc(N(CC(=O)O)CC(=O)O)cc2)COC(=O)COC(=O)c2ccc(N(CC(=O)O)CC(=O)O)cc2)cc1. The standard InChI is InChI=1S/C58H60N4O30/c63-35-83-31-61(32-84-36-64)45-11-3-39(4-12-45)47(67)2-1-19-82-27-58(28-90-52(76)24-87-55(79)40-5-13-43(14-6-40)59(20-48(68)69)21-49(70)71,29-91-53(77)25-88-56(80)41-7-15-44(16-8-41)60(22-50(72)73)23-51(74)75)30-92-54(78)26-89-57(81)42-9-17-46(18-10-42)62(33-85-37-65)34-86-38-66/h3-18,35-38H,1-2,19-34H2,(H,68,69)(H,70,71)(H,72,73)(H,74,75). The van der Waals surface area contributed by atoms with E-state index in [1.807, 2.05) is 0 Å². The number of anilines is 4. The van der Waals surface area contributed by atoms with Crippen LogP contribution in [0.5, 0.6) is 0 Å². The highest BCUT2D eigenvalue weighted by atomic mass is 16.6. The van der Waals surface area contributed by atoms with Crippen LogP contribution in [0.3, 0.4) is 0 Å². The van der Waals surface area contributed by atoms with Gasteiger partial charge in [0, 0.05) is 41.3 Å². The lowest BCUT2D eigenvalue weighted by Gasteiger charge is -2.32. The normalized spacial score (nSPS) is 10.5. The molecule has 0 radical (unpaired) electrons. The van der Waals surface area contributed by atoms with Crippen LogP contribution in [-0.2, 0) is 105 Å². The van der Waals surface area contributed by atoms with Gasteiger partial charge >= 0.3 is 59.7 Å². The van der Waals surface area contributed by atoms with Crippen LogP contribution in [0.2, 0.25) is 0 Å². The molecule has 0 heterocycles. The minimum atomic E-state index is -1.96. The van der Waals surface area contributed by atoms with Gasteiger partial charge in [-0.2, -0.15) is 0 Å². The number of benzene rings is 4. The van der Waals surface area contributed by atoms with Crippen molar-refractivity contribution in [2.45, 2.75) is 12.8 Å². The molecule has 0 aliphatic rings. The predicted octanol–water partition coefficient (Wildman–Crippen LogP) is 0.939. The number of carbonyl (C=O) groups is 15. The van der Waals surface area contributed by atoms with Crippen LogP contribution in [0.15, 0.2) is 97.1 Å². The van der Waals surface area contributed by atoms with Gasteiger partial charge in [-0.3, -0.25) is 43.2 Å². The Hall–Kier alpha value is -11.7. The maximum atomic E-state index is 13.4. The molecule has 92 heavy (non-hydrogen) atoms. The summed E-state index contributed by atoms with van der Waals surface area (Å²) in [5.74, 6) is -12.8. The number of hydrogen-bond acceptors (Lipinski definition) is 30. The molecule has 0 saturated heterocycles. The highest BCUT2D eigenvalue weighted by Gasteiger charge is 2.37. The van der Waals surface area contributed by atoms with Crippen LogP contribution in [-0.4, -0.2) is 218 Å². The van der Waals surface area contributed by atoms with E-state index in [-0.39, 0.29) is 106 Å². The highest BCUT2D eigenvalue weighted by Crippen LogP contribution is 2.24. The van der Waals surface area contributed by atoms with Gasteiger partial charge in [-0.05, 0) is 103 Å². The van der Waals surface area contributed by atoms with Gasteiger partial charge in [0.2, 0.25) is 0 Å². The first kappa shape index (κ1) is 72.8. The number of carbonyl (C=O) groups excluding carboxylic acids is 11. The average molecular weight is 1290 g/mol. The maximum Gasteiger partial charge on any atom is 0.344 e. The van der Waals surface area contributed by atoms with E-state index in [2.05, 4.69) is 0 Å². The van der Waals surface area contributed by atoms with E-state index in [0.717, 1.165) is 34.1 Å². The molecular weight excluding hydrogens is 1230 g/mol. The fourth-order valence-electron chi connectivity index (χ4n) is 7.73. The topological polar surface area (TPSA) is 451 Å². The molecular formula is C58H60N4O30. The van der Waals surface area contributed by atoms with Gasteiger partial charge in [-0.15, -0.1) is 0 Å². The lowest BCUT2D eigenvalue weighted by Crippen LogP contribution is -2.44. The van der Waals surface area contributed by atoms with E-state index in [0.29, 0.717) is 11.4 Å². The van der Waals surface area contributed by atoms with Crippen molar-refractivity contribution >= 4 is 114 Å². The molecule has 4 aromatic rings. The summed E-state index contributed by atoms with van der Waals surface area (Å²) in [4.78, 5) is 186. The number of ketones is 1. The van der Waals surface area contributed by atoms with Crippen molar-refractivity contribution in [2.75, 3.05) is 126 Å². The Balaban J connectivity index is 1.57. The van der Waals surface area contributed by atoms with Crippen molar-refractivity contribution in [1.29, 1.82) is 0 Å². The molecule has 0 aromatic heterocycles. The second-order valence-corrected chi connectivity index (χ2v) is 18.9. The molecule has 34 nitrogen and oxygen atoms in total. The molecule has 4 rings (SSSR count). The lowest BCUT2D eigenvalue weighted by atomic mass is 9.92. The molecule has 0 atom stereocenters. The number of esters is 6. The molecule has 0 saturated carbocycles. The molecule has 0 amide bonds. The molecule has 4 aromatic carbocycles. The van der Waals surface area contributed by atoms with Gasteiger partial charge < -0.3 is 92.1 Å². The first-order valence-corrected chi connectivity index (χ1v) is 26.7. The summed E-state index contributed by atoms with van der Waals surface area (Å²) in [5.41, 5.74) is -1.28. The fourth-order valence-corrected chi connectivity index (χ4v) is 7.73. The van der Waals surface area contributed by atoms with Crippen molar-refractivity contribution in [3.8, 4) is 0 Å². The zero-order valence-electron chi connectivity index (χ0n) is 48.5. The molecule has 0 aliphatic heterocycles. The highest BCUT2D eigenvalue weighted by molar-refractivity contribution is 5.96. The number of ether oxygens (including phenoxy) is 11. The van der Waals surface area contributed by atoms with E-state index >= 15 is 0 Å². The Morgan fingerprint density at radius 1 is 0.359 bits per heavy atom. The minimum Gasteiger partial charge on any atom is -0.480 e. The molecule has 0 aliphatic carbocycles. The van der Waals surface area contributed by atoms with Crippen molar-refractivity contribution in [1.82, 2.24) is 0 Å². The molecule has 0 unspecified atom stereocenters. The number of hydrogen-bond donors (Lipinski definition) is 4. The molecule has 0 bridgehead atoms. The first-order valence-electron chi connectivity index (χ1n) is 26.7.